The summed E-state index contributed by atoms with van der Waals surface area (Å²) in [4.78, 5) is 14.2. The number of nitrogens with one attached hydrogen (secondary N) is 1. The van der Waals surface area contributed by atoms with Crippen molar-refractivity contribution in [2.75, 3.05) is 0 Å². The molecule has 0 bridgehead atoms. The molecule has 0 fully saturated rings. The number of aromatic hydroxyl groups is 1. The van der Waals surface area contributed by atoms with Crippen molar-refractivity contribution in [2.24, 2.45) is 0 Å². The Morgan fingerprint density at radius 3 is 2.88 bits per heavy atom. The highest BCUT2D eigenvalue weighted by atomic mass is 19.1. The molecule has 1 heterocycles. The summed E-state index contributed by atoms with van der Waals surface area (Å²) in [5.41, 5.74) is -0.00579. The van der Waals surface area contributed by atoms with Crippen molar-refractivity contribution in [3.63, 3.8) is 0 Å². The zero-order chi connectivity index (χ0) is 12.4. The van der Waals surface area contributed by atoms with E-state index < -0.39 is 11.4 Å². The maximum atomic E-state index is 13.4. The van der Waals surface area contributed by atoms with Crippen LogP contribution in [0.3, 0.4) is 0 Å². The lowest BCUT2D eigenvalue weighted by atomic mass is 10.1. The summed E-state index contributed by atoms with van der Waals surface area (Å²) < 4.78 is 13.4. The van der Waals surface area contributed by atoms with E-state index in [2.05, 4.69) is 4.98 Å². The number of para-hydroxylation sites is 1. The first-order valence-electron chi connectivity index (χ1n) is 5.67. The molecule has 0 saturated carbocycles. The standard InChI is InChI=1S/C13H14FNO2/c1-2-3-5-9-12(16)8-6-4-7-10(14)11(8)15-13(9)17/h4,6-7H,2-3,5H2,1H3,(H2,15,16,17). The van der Waals surface area contributed by atoms with Crippen LogP contribution in [0.1, 0.15) is 25.3 Å². The number of rotatable bonds is 3. The van der Waals surface area contributed by atoms with E-state index in [1.54, 1.807) is 6.07 Å². The van der Waals surface area contributed by atoms with Crippen molar-refractivity contribution in [2.45, 2.75) is 26.2 Å². The fourth-order valence-electron chi connectivity index (χ4n) is 1.89. The summed E-state index contributed by atoms with van der Waals surface area (Å²) in [6.07, 6.45) is 2.25. The fourth-order valence-corrected chi connectivity index (χ4v) is 1.89. The second-order valence-electron chi connectivity index (χ2n) is 4.05. The van der Waals surface area contributed by atoms with Gasteiger partial charge in [0.1, 0.15) is 11.6 Å². The Kier molecular flexibility index (Phi) is 3.13. The lowest BCUT2D eigenvalue weighted by Crippen LogP contribution is -2.13. The van der Waals surface area contributed by atoms with E-state index in [1.807, 2.05) is 6.92 Å². The van der Waals surface area contributed by atoms with Crippen LogP contribution in [0.4, 0.5) is 4.39 Å². The molecule has 2 rings (SSSR count). The number of aromatic nitrogens is 1. The number of benzene rings is 1. The Balaban J connectivity index is 2.68. The number of pyridine rings is 1. The average molecular weight is 235 g/mol. The van der Waals surface area contributed by atoms with Crippen LogP contribution >= 0.6 is 0 Å². The first-order chi connectivity index (χ1) is 8.15. The van der Waals surface area contributed by atoms with E-state index in [0.29, 0.717) is 17.4 Å². The van der Waals surface area contributed by atoms with Gasteiger partial charge in [0.15, 0.2) is 0 Å². The predicted octanol–water partition coefficient (Wildman–Crippen LogP) is 2.72. The molecule has 1 aromatic carbocycles. The van der Waals surface area contributed by atoms with Gasteiger partial charge in [-0.05, 0) is 25.0 Å². The van der Waals surface area contributed by atoms with Crippen LogP contribution in [0.25, 0.3) is 10.9 Å². The van der Waals surface area contributed by atoms with E-state index in [0.717, 1.165) is 12.8 Å². The van der Waals surface area contributed by atoms with Gasteiger partial charge in [0.2, 0.25) is 0 Å². The number of aromatic amines is 1. The van der Waals surface area contributed by atoms with Crippen molar-refractivity contribution in [1.82, 2.24) is 4.98 Å². The third kappa shape index (κ3) is 2.02. The van der Waals surface area contributed by atoms with Crippen LogP contribution in [-0.4, -0.2) is 10.1 Å². The van der Waals surface area contributed by atoms with E-state index in [4.69, 9.17) is 0 Å². The molecule has 17 heavy (non-hydrogen) atoms. The molecule has 90 valence electrons. The van der Waals surface area contributed by atoms with Gasteiger partial charge < -0.3 is 10.1 Å². The monoisotopic (exact) mass is 235 g/mol. The Morgan fingerprint density at radius 1 is 1.41 bits per heavy atom. The molecule has 0 spiro atoms. The van der Waals surface area contributed by atoms with Crippen LogP contribution < -0.4 is 5.56 Å². The molecule has 0 amide bonds. The third-order valence-electron chi connectivity index (χ3n) is 2.85. The van der Waals surface area contributed by atoms with E-state index in [-0.39, 0.29) is 11.3 Å². The highest BCUT2D eigenvalue weighted by Crippen LogP contribution is 2.26. The maximum absolute atomic E-state index is 13.4. The van der Waals surface area contributed by atoms with Crippen molar-refractivity contribution in [1.29, 1.82) is 0 Å². The molecule has 3 nitrogen and oxygen atoms in total. The zero-order valence-corrected chi connectivity index (χ0v) is 9.59. The van der Waals surface area contributed by atoms with E-state index in [1.165, 1.54) is 12.1 Å². The molecule has 4 heteroatoms. The van der Waals surface area contributed by atoms with Gasteiger partial charge >= 0.3 is 0 Å². The van der Waals surface area contributed by atoms with Gasteiger partial charge in [-0.2, -0.15) is 0 Å². The number of unbranched alkanes of at least 4 members (excludes halogenated alkanes) is 1. The molecule has 0 saturated heterocycles. The Hall–Kier alpha value is -1.84. The molecular weight excluding hydrogens is 221 g/mol. The molecule has 2 N–H and O–H groups in total. The second-order valence-corrected chi connectivity index (χ2v) is 4.05. The SMILES string of the molecule is CCCCc1c(O)c2cccc(F)c2[nH]c1=O. The summed E-state index contributed by atoms with van der Waals surface area (Å²) >= 11 is 0. The topological polar surface area (TPSA) is 53.1 Å². The smallest absolute Gasteiger partial charge is 0.255 e. The number of halogens is 1. The number of hydrogen-bond donors (Lipinski definition) is 2. The van der Waals surface area contributed by atoms with Crippen LogP contribution in [0, 0.1) is 5.82 Å². The van der Waals surface area contributed by atoms with Crippen molar-refractivity contribution < 1.29 is 9.50 Å². The number of hydrogen-bond acceptors (Lipinski definition) is 2. The molecule has 0 radical (unpaired) electrons. The maximum Gasteiger partial charge on any atom is 0.255 e. The second kappa shape index (κ2) is 4.57. The van der Waals surface area contributed by atoms with Crippen LogP contribution in [0.15, 0.2) is 23.0 Å². The van der Waals surface area contributed by atoms with Gasteiger partial charge in [-0.1, -0.05) is 19.4 Å². The van der Waals surface area contributed by atoms with E-state index in [9.17, 15) is 14.3 Å². The number of fused-ring (bicyclic) bond motifs is 1. The molecule has 2 aromatic rings. The first-order valence-corrected chi connectivity index (χ1v) is 5.67. The van der Waals surface area contributed by atoms with Crippen molar-refractivity contribution >= 4 is 10.9 Å². The Labute approximate surface area is 97.9 Å². The van der Waals surface area contributed by atoms with Gasteiger partial charge in [0.05, 0.1) is 11.1 Å². The van der Waals surface area contributed by atoms with Gasteiger partial charge in [0, 0.05) is 5.39 Å². The minimum Gasteiger partial charge on any atom is -0.507 e. The van der Waals surface area contributed by atoms with Gasteiger partial charge in [0.25, 0.3) is 5.56 Å². The molecule has 0 atom stereocenters. The molecule has 1 aromatic heterocycles. The molecule has 0 unspecified atom stereocenters. The van der Waals surface area contributed by atoms with Crippen LogP contribution in [-0.2, 0) is 6.42 Å². The molecule has 0 aliphatic heterocycles. The predicted molar refractivity (Wildman–Crippen MR) is 64.8 cm³/mol. The van der Waals surface area contributed by atoms with Crippen molar-refractivity contribution in [3.8, 4) is 5.75 Å². The molecular formula is C13H14FNO2. The molecule has 0 aliphatic carbocycles. The fraction of sp³-hybridized carbons (Fsp3) is 0.308. The average Bonchev–Trinajstić information content (AvgIpc) is 2.31. The minimum atomic E-state index is -0.531. The summed E-state index contributed by atoms with van der Waals surface area (Å²) in [5.74, 6) is -0.631. The quantitative estimate of drug-likeness (QED) is 0.859. The first kappa shape index (κ1) is 11.6. The highest BCUT2D eigenvalue weighted by molar-refractivity contribution is 5.86. The van der Waals surface area contributed by atoms with Gasteiger partial charge in [-0.15, -0.1) is 0 Å². The van der Waals surface area contributed by atoms with Crippen molar-refractivity contribution in [3.05, 3.63) is 39.9 Å². The van der Waals surface area contributed by atoms with E-state index >= 15 is 0 Å². The largest absolute Gasteiger partial charge is 0.507 e. The minimum absolute atomic E-state index is 0.0650. The van der Waals surface area contributed by atoms with Gasteiger partial charge in [-0.25, -0.2) is 4.39 Å². The third-order valence-corrected chi connectivity index (χ3v) is 2.85. The molecule has 0 aliphatic rings. The summed E-state index contributed by atoms with van der Waals surface area (Å²) in [5, 5.41) is 10.4. The summed E-state index contributed by atoms with van der Waals surface area (Å²) in [6, 6.07) is 4.36. The zero-order valence-electron chi connectivity index (χ0n) is 9.59. The normalized spacial score (nSPS) is 10.9. The highest BCUT2D eigenvalue weighted by Gasteiger charge is 2.13. The summed E-state index contributed by atoms with van der Waals surface area (Å²) in [7, 11) is 0. The lowest BCUT2D eigenvalue weighted by molar-refractivity contribution is 0.471. The van der Waals surface area contributed by atoms with Crippen LogP contribution in [0.2, 0.25) is 0 Å². The number of H-pyrrole nitrogens is 1. The Morgan fingerprint density at radius 2 is 2.18 bits per heavy atom. The van der Waals surface area contributed by atoms with Gasteiger partial charge in [-0.3, -0.25) is 4.79 Å². The van der Waals surface area contributed by atoms with Crippen LogP contribution in [0.5, 0.6) is 5.75 Å². The Bertz CT molecular complexity index is 604. The lowest BCUT2D eigenvalue weighted by Gasteiger charge is -2.07. The summed E-state index contributed by atoms with van der Waals surface area (Å²) in [6.45, 7) is 2.01.